The number of hydrogen-bond acceptors (Lipinski definition) is 5. The van der Waals surface area contributed by atoms with E-state index in [0.29, 0.717) is 12.6 Å². The molecule has 0 radical (unpaired) electrons. The molecule has 3 heterocycles. The molecule has 0 amide bonds. The van der Waals surface area contributed by atoms with Crippen LogP contribution in [-0.2, 0) is 26.6 Å². The number of rotatable bonds is 8. The second-order valence-corrected chi connectivity index (χ2v) is 7.90. The lowest BCUT2D eigenvalue weighted by atomic mass is 10.0. The summed E-state index contributed by atoms with van der Waals surface area (Å²) in [5, 5.41) is 11.2. The van der Waals surface area contributed by atoms with Gasteiger partial charge in [-0.05, 0) is 30.5 Å². The summed E-state index contributed by atoms with van der Waals surface area (Å²) in [6, 6.07) is 15.0. The molecule has 1 fully saturated rings. The van der Waals surface area contributed by atoms with Crippen molar-refractivity contribution in [2.75, 3.05) is 19.6 Å². The van der Waals surface area contributed by atoms with E-state index < -0.39 is 0 Å². The minimum Gasteiger partial charge on any atom is -0.469 e. The molecule has 164 valence electrons. The number of piperidine rings is 1. The van der Waals surface area contributed by atoms with E-state index in [1.807, 2.05) is 19.2 Å². The molecule has 2 N–H and O–H groups in total. The Morgan fingerprint density at radius 1 is 1.16 bits per heavy atom. The van der Waals surface area contributed by atoms with Crippen LogP contribution in [0.5, 0.6) is 0 Å². The molecule has 31 heavy (non-hydrogen) atoms. The summed E-state index contributed by atoms with van der Waals surface area (Å²) in [5.74, 6) is 2.62. The number of likely N-dealkylation sites (tertiary alicyclic amines) is 1. The van der Waals surface area contributed by atoms with Gasteiger partial charge in [-0.25, -0.2) is 9.98 Å². The lowest BCUT2D eigenvalue weighted by molar-refractivity contribution is 0.198. The van der Waals surface area contributed by atoms with Gasteiger partial charge < -0.3 is 15.1 Å². The molecule has 1 aliphatic heterocycles. The molecule has 2 aromatic heterocycles. The van der Waals surface area contributed by atoms with Gasteiger partial charge in [-0.3, -0.25) is 9.58 Å². The van der Waals surface area contributed by atoms with Crippen LogP contribution in [0.3, 0.4) is 0 Å². The van der Waals surface area contributed by atoms with E-state index in [9.17, 15) is 0 Å². The van der Waals surface area contributed by atoms with Crippen molar-refractivity contribution in [3.05, 3.63) is 72.2 Å². The quantitative estimate of drug-likeness (QED) is 0.429. The van der Waals surface area contributed by atoms with Gasteiger partial charge in [0, 0.05) is 45.7 Å². The molecule has 0 unspecified atom stereocenters. The summed E-state index contributed by atoms with van der Waals surface area (Å²) in [5.41, 5.74) is 1.37. The number of aryl methyl sites for hydroxylation is 1. The predicted molar refractivity (Wildman–Crippen MR) is 120 cm³/mol. The van der Waals surface area contributed by atoms with Gasteiger partial charge in [0.05, 0.1) is 6.26 Å². The number of aromatic nitrogens is 3. The Labute approximate surface area is 183 Å². The molecular formula is C23H31N7O. The van der Waals surface area contributed by atoms with Crippen molar-refractivity contribution in [1.82, 2.24) is 30.3 Å². The van der Waals surface area contributed by atoms with E-state index >= 15 is 0 Å². The van der Waals surface area contributed by atoms with Gasteiger partial charge in [0.1, 0.15) is 24.5 Å². The van der Waals surface area contributed by atoms with Crippen LogP contribution in [-0.4, -0.2) is 51.3 Å². The molecule has 0 bridgehead atoms. The Morgan fingerprint density at radius 3 is 2.71 bits per heavy atom. The molecule has 1 aromatic carbocycles. The van der Waals surface area contributed by atoms with Gasteiger partial charge in [-0.15, -0.1) is 0 Å². The first kappa shape index (κ1) is 21.1. The Hall–Kier alpha value is -3.13. The average molecular weight is 422 g/mol. The summed E-state index contributed by atoms with van der Waals surface area (Å²) in [6.45, 7) is 4.41. The fraction of sp³-hybridized carbons (Fsp3) is 0.435. The monoisotopic (exact) mass is 421 g/mol. The molecule has 4 rings (SSSR count). The number of guanidine groups is 1. The maximum absolute atomic E-state index is 5.43. The fourth-order valence-corrected chi connectivity index (χ4v) is 3.79. The van der Waals surface area contributed by atoms with Crippen LogP contribution < -0.4 is 10.6 Å². The lowest BCUT2D eigenvalue weighted by Gasteiger charge is -2.33. The zero-order valence-corrected chi connectivity index (χ0v) is 18.1. The Morgan fingerprint density at radius 2 is 2.00 bits per heavy atom. The van der Waals surface area contributed by atoms with Gasteiger partial charge >= 0.3 is 0 Å². The summed E-state index contributed by atoms with van der Waals surface area (Å²) >= 11 is 0. The molecule has 8 nitrogen and oxygen atoms in total. The standard InChI is InChI=1S/C23H31N7O/c1-29-22(26-18-27-29)16-25-23(24-12-9-21-8-5-15-31-21)28-20-10-13-30(14-11-20)17-19-6-3-2-4-7-19/h2-8,15,18,20H,9-14,16-17H2,1H3,(H2,24,25,28). The number of furan rings is 1. The molecule has 3 aromatic rings. The number of hydrogen-bond donors (Lipinski definition) is 2. The van der Waals surface area contributed by atoms with Crippen LogP contribution in [0.4, 0.5) is 0 Å². The van der Waals surface area contributed by atoms with Gasteiger partial charge in [0.2, 0.25) is 0 Å². The van der Waals surface area contributed by atoms with Crippen molar-refractivity contribution < 1.29 is 4.42 Å². The van der Waals surface area contributed by atoms with Crippen LogP contribution in [0.25, 0.3) is 0 Å². The van der Waals surface area contributed by atoms with Crippen molar-refractivity contribution in [2.45, 2.75) is 38.4 Å². The first-order chi connectivity index (χ1) is 15.3. The summed E-state index contributed by atoms with van der Waals surface area (Å²) in [7, 11) is 1.89. The lowest BCUT2D eigenvalue weighted by Crippen LogP contribution is -2.48. The summed E-state index contributed by atoms with van der Waals surface area (Å²) in [6.07, 6.45) is 6.27. The second kappa shape index (κ2) is 10.8. The predicted octanol–water partition coefficient (Wildman–Crippen LogP) is 2.35. The molecule has 0 spiro atoms. The van der Waals surface area contributed by atoms with Crippen LogP contribution in [0.2, 0.25) is 0 Å². The van der Waals surface area contributed by atoms with E-state index in [1.165, 1.54) is 5.56 Å². The molecule has 0 aliphatic carbocycles. The first-order valence-corrected chi connectivity index (χ1v) is 10.9. The van der Waals surface area contributed by atoms with E-state index in [4.69, 9.17) is 9.41 Å². The van der Waals surface area contributed by atoms with Crippen molar-refractivity contribution in [3.8, 4) is 0 Å². The second-order valence-electron chi connectivity index (χ2n) is 7.90. The van der Waals surface area contributed by atoms with Gasteiger partial charge in [0.25, 0.3) is 0 Å². The highest BCUT2D eigenvalue weighted by Crippen LogP contribution is 2.14. The number of aliphatic imine (C=N–C) groups is 1. The molecule has 8 heteroatoms. The Balaban J connectivity index is 1.30. The SMILES string of the molecule is Cn1ncnc1CN=C(NCCc1ccco1)NC1CCN(Cc2ccccc2)CC1. The molecular weight excluding hydrogens is 390 g/mol. The molecule has 1 aliphatic rings. The summed E-state index contributed by atoms with van der Waals surface area (Å²) < 4.78 is 7.19. The van der Waals surface area contributed by atoms with Crippen molar-refractivity contribution in [2.24, 2.45) is 12.0 Å². The topological polar surface area (TPSA) is 83.5 Å². The smallest absolute Gasteiger partial charge is 0.191 e. The van der Waals surface area contributed by atoms with Crippen molar-refractivity contribution in [1.29, 1.82) is 0 Å². The third kappa shape index (κ3) is 6.42. The normalized spacial score (nSPS) is 15.8. The maximum atomic E-state index is 5.43. The maximum Gasteiger partial charge on any atom is 0.191 e. The molecule has 0 saturated carbocycles. The highest BCUT2D eigenvalue weighted by atomic mass is 16.3. The van der Waals surface area contributed by atoms with Gasteiger partial charge in [-0.2, -0.15) is 5.10 Å². The summed E-state index contributed by atoms with van der Waals surface area (Å²) in [4.78, 5) is 11.5. The highest BCUT2D eigenvalue weighted by Gasteiger charge is 2.20. The van der Waals surface area contributed by atoms with E-state index in [1.54, 1.807) is 17.3 Å². The Kier molecular flexibility index (Phi) is 7.33. The average Bonchev–Trinajstić information content (AvgIpc) is 3.46. The molecule has 1 saturated heterocycles. The van der Waals surface area contributed by atoms with Crippen molar-refractivity contribution >= 4 is 5.96 Å². The van der Waals surface area contributed by atoms with Crippen LogP contribution >= 0.6 is 0 Å². The van der Waals surface area contributed by atoms with Crippen molar-refractivity contribution in [3.63, 3.8) is 0 Å². The van der Waals surface area contributed by atoms with E-state index in [2.05, 4.69) is 55.9 Å². The third-order valence-corrected chi connectivity index (χ3v) is 5.61. The van der Waals surface area contributed by atoms with E-state index in [0.717, 1.165) is 63.0 Å². The highest BCUT2D eigenvalue weighted by molar-refractivity contribution is 5.80. The molecule has 0 atom stereocenters. The number of nitrogens with zero attached hydrogens (tertiary/aromatic N) is 5. The minimum absolute atomic E-state index is 0.404. The van der Waals surface area contributed by atoms with E-state index in [-0.39, 0.29) is 0 Å². The van der Waals surface area contributed by atoms with Gasteiger partial charge in [-0.1, -0.05) is 30.3 Å². The first-order valence-electron chi connectivity index (χ1n) is 10.9. The zero-order chi connectivity index (χ0) is 21.3. The number of benzene rings is 1. The Bertz CT molecular complexity index is 928. The van der Waals surface area contributed by atoms with Crippen LogP contribution in [0.1, 0.15) is 30.0 Å². The minimum atomic E-state index is 0.404. The fourth-order valence-electron chi connectivity index (χ4n) is 3.79. The van der Waals surface area contributed by atoms with Crippen LogP contribution in [0.15, 0.2) is 64.5 Å². The number of nitrogens with one attached hydrogen (secondary N) is 2. The zero-order valence-electron chi connectivity index (χ0n) is 18.1. The third-order valence-electron chi connectivity index (χ3n) is 5.61. The van der Waals surface area contributed by atoms with Crippen LogP contribution in [0, 0.1) is 0 Å². The largest absolute Gasteiger partial charge is 0.469 e. The van der Waals surface area contributed by atoms with Gasteiger partial charge in [0.15, 0.2) is 5.96 Å².